The lowest BCUT2D eigenvalue weighted by Crippen LogP contribution is -2.24. The van der Waals surface area contributed by atoms with Crippen LogP contribution in [0.4, 0.5) is 0 Å². The average Bonchev–Trinajstić information content (AvgIpc) is 3.44. The van der Waals surface area contributed by atoms with Crippen molar-refractivity contribution in [2.24, 2.45) is 0 Å². The molecule has 184 valence electrons. The van der Waals surface area contributed by atoms with Crippen LogP contribution in [0.25, 0.3) is 26.3 Å². The normalized spacial score (nSPS) is 11.5. The zero-order chi connectivity index (χ0) is 25.5. The minimum absolute atomic E-state index is 0.119. The second-order valence-corrected chi connectivity index (χ2v) is 10.9. The predicted octanol–water partition coefficient (Wildman–Crippen LogP) is 5.93. The van der Waals surface area contributed by atoms with E-state index in [1.807, 2.05) is 90.5 Å². The van der Waals surface area contributed by atoms with Gasteiger partial charge in [0.15, 0.2) is 0 Å². The van der Waals surface area contributed by atoms with Gasteiger partial charge in [-0.1, -0.05) is 81.9 Å². The van der Waals surface area contributed by atoms with E-state index in [1.54, 1.807) is 15.3 Å². The van der Waals surface area contributed by atoms with Gasteiger partial charge in [-0.05, 0) is 48.7 Å². The highest BCUT2D eigenvalue weighted by atomic mass is 79.9. The van der Waals surface area contributed by atoms with E-state index < -0.39 is 0 Å². The highest BCUT2D eigenvalue weighted by Gasteiger charge is 2.22. The van der Waals surface area contributed by atoms with Gasteiger partial charge < -0.3 is 4.57 Å². The van der Waals surface area contributed by atoms with Crippen molar-refractivity contribution in [3.05, 3.63) is 127 Å². The van der Waals surface area contributed by atoms with E-state index in [1.165, 1.54) is 11.3 Å². The summed E-state index contributed by atoms with van der Waals surface area (Å²) in [6.07, 6.45) is 0.707. The maximum absolute atomic E-state index is 14.0. The van der Waals surface area contributed by atoms with Crippen molar-refractivity contribution in [3.8, 4) is 5.13 Å². The largest absolute Gasteiger partial charge is 0.312 e. The number of rotatable bonds is 6. The van der Waals surface area contributed by atoms with E-state index in [0.717, 1.165) is 25.8 Å². The Labute approximate surface area is 225 Å². The molecule has 0 bridgehead atoms. The third-order valence-corrected chi connectivity index (χ3v) is 8.19. The fraction of sp³-hybridized carbons (Fsp3) is 0.138. The summed E-state index contributed by atoms with van der Waals surface area (Å²) >= 11 is 4.96. The Kier molecular flexibility index (Phi) is 6.14. The molecule has 3 heterocycles. The molecule has 0 saturated heterocycles. The van der Waals surface area contributed by atoms with E-state index in [4.69, 9.17) is 4.98 Å². The molecule has 6 aromatic rings. The van der Waals surface area contributed by atoms with Crippen LogP contribution in [-0.2, 0) is 19.5 Å². The number of aryl methyl sites for hydroxylation is 2. The minimum atomic E-state index is -0.169. The summed E-state index contributed by atoms with van der Waals surface area (Å²) < 4.78 is 7.21. The maximum atomic E-state index is 14.0. The number of aromatic nitrogens is 4. The third kappa shape index (κ3) is 4.36. The Balaban J connectivity index is 1.55. The first kappa shape index (κ1) is 23.6. The van der Waals surface area contributed by atoms with Gasteiger partial charge in [0.1, 0.15) is 0 Å². The van der Waals surface area contributed by atoms with Crippen molar-refractivity contribution in [2.45, 2.75) is 26.4 Å². The summed E-state index contributed by atoms with van der Waals surface area (Å²) in [5, 5.41) is 1.13. The number of hydrogen-bond acceptors (Lipinski definition) is 4. The molecule has 0 amide bonds. The van der Waals surface area contributed by atoms with Gasteiger partial charge >= 0.3 is 0 Å². The monoisotopic (exact) mass is 570 g/mol. The minimum Gasteiger partial charge on any atom is -0.312 e. The molecular weight excluding hydrogens is 548 g/mol. The molecule has 0 aliphatic rings. The number of hydrogen-bond donors (Lipinski definition) is 0. The lowest BCUT2D eigenvalue weighted by atomic mass is 10.1. The Hall–Kier alpha value is -3.75. The Morgan fingerprint density at radius 3 is 2.38 bits per heavy atom. The van der Waals surface area contributed by atoms with Gasteiger partial charge in [-0.15, -0.1) is 0 Å². The number of para-hydroxylation sites is 1. The van der Waals surface area contributed by atoms with Gasteiger partial charge in [0, 0.05) is 22.8 Å². The quantitative estimate of drug-likeness (QED) is 0.249. The van der Waals surface area contributed by atoms with Crippen molar-refractivity contribution < 1.29 is 0 Å². The second-order valence-electron chi connectivity index (χ2n) is 8.98. The topological polar surface area (TPSA) is 61.8 Å². The van der Waals surface area contributed by atoms with Crippen LogP contribution < -0.4 is 11.1 Å². The fourth-order valence-electron chi connectivity index (χ4n) is 4.77. The van der Waals surface area contributed by atoms with Crippen molar-refractivity contribution in [2.75, 3.05) is 0 Å². The van der Waals surface area contributed by atoms with E-state index in [2.05, 4.69) is 15.9 Å². The van der Waals surface area contributed by atoms with E-state index in [0.29, 0.717) is 41.2 Å². The summed E-state index contributed by atoms with van der Waals surface area (Å²) in [4.78, 5) is 32.1. The average molecular weight is 572 g/mol. The summed E-state index contributed by atoms with van der Waals surface area (Å²) in [5.41, 5.74) is 4.01. The van der Waals surface area contributed by atoms with Gasteiger partial charge in [-0.25, -0.2) is 4.98 Å². The van der Waals surface area contributed by atoms with Crippen LogP contribution in [0.1, 0.15) is 16.8 Å². The summed E-state index contributed by atoms with van der Waals surface area (Å²) in [7, 11) is 0. The van der Waals surface area contributed by atoms with Crippen molar-refractivity contribution >= 4 is 48.4 Å². The van der Waals surface area contributed by atoms with Crippen LogP contribution in [0, 0.1) is 6.92 Å². The molecule has 0 aliphatic carbocycles. The van der Waals surface area contributed by atoms with Crippen LogP contribution >= 0.6 is 27.3 Å². The molecule has 6 nitrogen and oxygen atoms in total. The van der Waals surface area contributed by atoms with Crippen LogP contribution in [-0.4, -0.2) is 18.9 Å². The number of nitrogens with zero attached hydrogens (tertiary/aromatic N) is 4. The Bertz CT molecular complexity index is 1830. The van der Waals surface area contributed by atoms with Gasteiger partial charge in [0.25, 0.3) is 11.1 Å². The first-order valence-corrected chi connectivity index (χ1v) is 13.6. The molecule has 0 saturated carbocycles. The smallest absolute Gasteiger partial charge is 0.283 e. The molecule has 0 atom stereocenters. The summed E-state index contributed by atoms with van der Waals surface area (Å²) in [5.74, 6) is 0. The van der Waals surface area contributed by atoms with Gasteiger partial charge in [-0.3, -0.25) is 14.3 Å². The number of halogens is 1. The second kappa shape index (κ2) is 9.61. The zero-order valence-corrected chi connectivity index (χ0v) is 22.5. The number of fused-ring (bicyclic) bond motifs is 2. The van der Waals surface area contributed by atoms with Crippen molar-refractivity contribution in [1.29, 1.82) is 0 Å². The first-order valence-electron chi connectivity index (χ1n) is 12.0. The predicted molar refractivity (Wildman–Crippen MR) is 153 cm³/mol. The van der Waals surface area contributed by atoms with Gasteiger partial charge in [-0.2, -0.15) is 4.68 Å². The summed E-state index contributed by atoms with van der Waals surface area (Å²) in [6, 6.07) is 27.5. The van der Waals surface area contributed by atoms with Gasteiger partial charge in [0.2, 0.25) is 5.13 Å². The summed E-state index contributed by atoms with van der Waals surface area (Å²) in [6.45, 7) is 2.79. The van der Waals surface area contributed by atoms with Gasteiger partial charge in [0.05, 0.1) is 27.7 Å². The fourth-order valence-corrected chi connectivity index (χ4v) is 6.00. The molecule has 3 aromatic heterocycles. The molecule has 0 radical (unpaired) electrons. The molecule has 0 N–H and O–H groups in total. The van der Waals surface area contributed by atoms with E-state index >= 15 is 0 Å². The van der Waals surface area contributed by atoms with Crippen molar-refractivity contribution in [3.63, 3.8) is 0 Å². The molecule has 0 fully saturated rings. The molecule has 0 aliphatic heterocycles. The molecule has 6 rings (SSSR count). The van der Waals surface area contributed by atoms with Crippen LogP contribution in [0.3, 0.4) is 0 Å². The van der Waals surface area contributed by atoms with Crippen molar-refractivity contribution in [1.82, 2.24) is 18.9 Å². The lowest BCUT2D eigenvalue weighted by Gasteiger charge is -2.13. The maximum Gasteiger partial charge on any atom is 0.283 e. The number of pyridine rings is 1. The molecule has 3 aromatic carbocycles. The standard InChI is InChI=1S/C29H23BrN4O2S/c1-19-27-24(17-26(35)32(19)16-15-20-7-3-2-4-8-20)33(18-21-11-13-22(30)14-12-21)34(28(27)36)29-31-23-9-5-6-10-25(23)37-29/h2-14,17H,15-16,18H2,1H3. The van der Waals surface area contributed by atoms with Crippen LogP contribution in [0.15, 0.2) is 99.0 Å². The molecule has 8 heteroatoms. The third-order valence-electron chi connectivity index (χ3n) is 6.65. The number of thiazole rings is 1. The van der Waals surface area contributed by atoms with Crippen LogP contribution in [0.5, 0.6) is 0 Å². The van der Waals surface area contributed by atoms with E-state index in [9.17, 15) is 9.59 Å². The highest BCUT2D eigenvalue weighted by Crippen LogP contribution is 2.26. The zero-order valence-electron chi connectivity index (χ0n) is 20.1. The SMILES string of the molecule is Cc1c2c(=O)n(-c3nc4ccccc4s3)n(Cc3ccc(Br)cc3)c2cc(=O)n1CCc1ccccc1. The Morgan fingerprint density at radius 1 is 0.892 bits per heavy atom. The number of benzene rings is 3. The van der Waals surface area contributed by atoms with E-state index in [-0.39, 0.29) is 11.1 Å². The molecule has 37 heavy (non-hydrogen) atoms. The highest BCUT2D eigenvalue weighted by molar-refractivity contribution is 9.10. The molecule has 0 unspecified atom stereocenters. The first-order chi connectivity index (χ1) is 18.0. The Morgan fingerprint density at radius 2 is 1.62 bits per heavy atom. The lowest BCUT2D eigenvalue weighted by molar-refractivity contribution is 0.609. The molecular formula is C29H23BrN4O2S. The van der Waals surface area contributed by atoms with Crippen LogP contribution in [0.2, 0.25) is 0 Å². The molecule has 0 spiro atoms.